The quantitative estimate of drug-likeness (QED) is 0.864. The van der Waals surface area contributed by atoms with Crippen LogP contribution in [0.25, 0.3) is 0 Å². The zero-order chi connectivity index (χ0) is 14.8. The lowest BCUT2D eigenvalue weighted by atomic mass is 9.78. The van der Waals surface area contributed by atoms with Crippen LogP contribution in [0.1, 0.15) is 57.1 Å². The topological polar surface area (TPSA) is 15.3 Å². The summed E-state index contributed by atoms with van der Waals surface area (Å²) in [6.07, 6.45) is 8.27. The Morgan fingerprint density at radius 1 is 1.19 bits per heavy atom. The van der Waals surface area contributed by atoms with E-state index in [1.54, 1.807) is 0 Å². The van der Waals surface area contributed by atoms with Gasteiger partial charge in [0.1, 0.15) is 0 Å². The Labute approximate surface area is 133 Å². The van der Waals surface area contributed by atoms with Gasteiger partial charge in [-0.15, -0.1) is 0 Å². The highest BCUT2D eigenvalue weighted by atomic mass is 35.5. The average molecular weight is 307 g/mol. The molecule has 2 fully saturated rings. The Morgan fingerprint density at radius 3 is 2.71 bits per heavy atom. The second-order valence-electron chi connectivity index (χ2n) is 6.67. The van der Waals surface area contributed by atoms with Gasteiger partial charge in [-0.3, -0.25) is 0 Å². The van der Waals surface area contributed by atoms with Crippen molar-refractivity contribution in [3.8, 4) is 0 Å². The highest BCUT2D eigenvalue weighted by Crippen LogP contribution is 2.40. The van der Waals surface area contributed by atoms with Crippen molar-refractivity contribution in [2.24, 2.45) is 5.92 Å². The summed E-state index contributed by atoms with van der Waals surface area (Å²) < 4.78 is 0. The highest BCUT2D eigenvalue weighted by Gasteiger charge is 2.34. The standard InChI is InChI=1S/C18H27ClN2/c1-13(20-2)15-9-10-18(16(19)12-15)21-11-5-7-14-6-3-4-8-17(14)21/h9-10,12-14,17,20H,3-8,11H2,1-2H3. The maximum atomic E-state index is 6.63. The molecule has 1 aromatic carbocycles. The van der Waals surface area contributed by atoms with Crippen LogP contribution in [0.5, 0.6) is 0 Å². The molecule has 3 rings (SSSR count). The van der Waals surface area contributed by atoms with Crippen molar-refractivity contribution in [2.75, 3.05) is 18.5 Å². The molecule has 1 aliphatic carbocycles. The third-order valence-corrected chi connectivity index (χ3v) is 5.76. The number of benzene rings is 1. The maximum absolute atomic E-state index is 6.63. The van der Waals surface area contributed by atoms with Gasteiger partial charge < -0.3 is 10.2 Å². The predicted molar refractivity (Wildman–Crippen MR) is 91.3 cm³/mol. The van der Waals surface area contributed by atoms with E-state index in [0.717, 1.165) is 17.0 Å². The van der Waals surface area contributed by atoms with E-state index in [0.29, 0.717) is 6.04 Å². The molecule has 3 unspecified atom stereocenters. The number of hydrogen-bond acceptors (Lipinski definition) is 2. The summed E-state index contributed by atoms with van der Waals surface area (Å²) in [6.45, 7) is 3.34. The van der Waals surface area contributed by atoms with Crippen molar-refractivity contribution in [2.45, 2.75) is 57.5 Å². The molecule has 1 aliphatic heterocycles. The molecular formula is C18H27ClN2. The number of piperidine rings is 1. The first kappa shape index (κ1) is 15.2. The largest absolute Gasteiger partial charge is 0.367 e. The van der Waals surface area contributed by atoms with Crippen molar-refractivity contribution in [1.29, 1.82) is 0 Å². The van der Waals surface area contributed by atoms with Gasteiger partial charge in [0.05, 0.1) is 10.7 Å². The van der Waals surface area contributed by atoms with Crippen LogP contribution in [0.15, 0.2) is 18.2 Å². The first-order chi connectivity index (χ1) is 10.2. The van der Waals surface area contributed by atoms with Crippen LogP contribution in [0.2, 0.25) is 5.02 Å². The molecule has 3 heteroatoms. The Bertz CT molecular complexity index is 486. The van der Waals surface area contributed by atoms with Crippen LogP contribution in [0.4, 0.5) is 5.69 Å². The number of anilines is 1. The minimum absolute atomic E-state index is 0.348. The first-order valence-electron chi connectivity index (χ1n) is 8.44. The van der Waals surface area contributed by atoms with Gasteiger partial charge in [-0.25, -0.2) is 0 Å². The molecule has 0 amide bonds. The van der Waals surface area contributed by atoms with E-state index in [1.165, 1.54) is 56.3 Å². The number of nitrogens with zero attached hydrogens (tertiary/aromatic N) is 1. The van der Waals surface area contributed by atoms with E-state index in [2.05, 4.69) is 35.3 Å². The zero-order valence-electron chi connectivity index (χ0n) is 13.2. The average Bonchev–Trinajstić information content (AvgIpc) is 2.53. The summed E-state index contributed by atoms with van der Waals surface area (Å²) in [6, 6.07) is 7.68. The van der Waals surface area contributed by atoms with Crippen molar-refractivity contribution in [3.05, 3.63) is 28.8 Å². The number of rotatable bonds is 3. The predicted octanol–water partition coefficient (Wildman–Crippen LogP) is 4.78. The summed E-state index contributed by atoms with van der Waals surface area (Å²) in [4.78, 5) is 2.60. The Morgan fingerprint density at radius 2 is 1.95 bits per heavy atom. The monoisotopic (exact) mass is 306 g/mol. The summed E-state index contributed by atoms with van der Waals surface area (Å²) in [5.74, 6) is 0.888. The van der Waals surface area contributed by atoms with Gasteiger partial charge in [0.25, 0.3) is 0 Å². The molecule has 2 aliphatic rings. The highest BCUT2D eigenvalue weighted by molar-refractivity contribution is 6.33. The van der Waals surface area contributed by atoms with Gasteiger partial charge in [-0.05, 0) is 63.3 Å². The van der Waals surface area contributed by atoms with Gasteiger partial charge in [0.15, 0.2) is 0 Å². The van der Waals surface area contributed by atoms with Gasteiger partial charge in [-0.1, -0.05) is 30.5 Å². The van der Waals surface area contributed by atoms with E-state index in [1.807, 2.05) is 7.05 Å². The van der Waals surface area contributed by atoms with Crippen LogP contribution in [0.3, 0.4) is 0 Å². The summed E-state index contributed by atoms with van der Waals surface area (Å²) in [5.41, 5.74) is 2.52. The smallest absolute Gasteiger partial charge is 0.0642 e. The second kappa shape index (κ2) is 6.58. The molecule has 0 bridgehead atoms. The van der Waals surface area contributed by atoms with Gasteiger partial charge in [0, 0.05) is 18.6 Å². The van der Waals surface area contributed by atoms with E-state index < -0.39 is 0 Å². The SMILES string of the molecule is CNC(C)c1ccc(N2CCCC3CCCCC32)c(Cl)c1. The van der Waals surface area contributed by atoms with Crippen molar-refractivity contribution >= 4 is 17.3 Å². The molecule has 1 saturated heterocycles. The molecule has 21 heavy (non-hydrogen) atoms. The third-order valence-electron chi connectivity index (χ3n) is 5.46. The fourth-order valence-electron chi connectivity index (χ4n) is 4.12. The van der Waals surface area contributed by atoms with Crippen LogP contribution in [-0.4, -0.2) is 19.6 Å². The molecule has 0 radical (unpaired) electrons. The van der Waals surface area contributed by atoms with Crippen LogP contribution < -0.4 is 10.2 Å². The summed E-state index contributed by atoms with van der Waals surface area (Å²) in [7, 11) is 1.99. The van der Waals surface area contributed by atoms with Crippen molar-refractivity contribution < 1.29 is 0 Å². The van der Waals surface area contributed by atoms with Crippen molar-refractivity contribution in [1.82, 2.24) is 5.32 Å². The molecule has 2 nitrogen and oxygen atoms in total. The van der Waals surface area contributed by atoms with E-state index in [-0.39, 0.29) is 0 Å². The lowest BCUT2D eigenvalue weighted by Crippen LogP contribution is -2.47. The maximum Gasteiger partial charge on any atom is 0.0642 e. The normalized spacial score (nSPS) is 27.3. The van der Waals surface area contributed by atoms with Crippen LogP contribution in [0, 0.1) is 5.92 Å². The number of hydrogen-bond donors (Lipinski definition) is 1. The lowest BCUT2D eigenvalue weighted by molar-refractivity contribution is 0.244. The fraction of sp³-hybridized carbons (Fsp3) is 0.667. The molecule has 116 valence electrons. The molecule has 0 spiro atoms. The summed E-state index contributed by atoms with van der Waals surface area (Å²) in [5, 5.41) is 4.20. The zero-order valence-corrected chi connectivity index (χ0v) is 14.0. The van der Waals surface area contributed by atoms with Crippen molar-refractivity contribution in [3.63, 3.8) is 0 Å². The Balaban J connectivity index is 1.85. The van der Waals surface area contributed by atoms with E-state index in [9.17, 15) is 0 Å². The molecule has 1 heterocycles. The Kier molecular flexibility index (Phi) is 4.75. The number of fused-ring (bicyclic) bond motifs is 1. The number of halogens is 1. The molecular weight excluding hydrogens is 280 g/mol. The van der Waals surface area contributed by atoms with E-state index >= 15 is 0 Å². The Hall–Kier alpha value is -0.730. The second-order valence-corrected chi connectivity index (χ2v) is 7.08. The minimum atomic E-state index is 0.348. The van der Waals surface area contributed by atoms with Gasteiger partial charge in [-0.2, -0.15) is 0 Å². The lowest BCUT2D eigenvalue weighted by Gasteiger charge is -2.45. The molecule has 1 aromatic rings. The minimum Gasteiger partial charge on any atom is -0.367 e. The molecule has 1 N–H and O–H groups in total. The molecule has 1 saturated carbocycles. The number of nitrogens with one attached hydrogen (secondary N) is 1. The van der Waals surface area contributed by atoms with Gasteiger partial charge in [0.2, 0.25) is 0 Å². The summed E-state index contributed by atoms with van der Waals surface area (Å²) >= 11 is 6.63. The van der Waals surface area contributed by atoms with Gasteiger partial charge >= 0.3 is 0 Å². The third kappa shape index (κ3) is 3.07. The fourth-order valence-corrected chi connectivity index (χ4v) is 4.41. The van der Waals surface area contributed by atoms with E-state index in [4.69, 9.17) is 11.6 Å². The molecule has 0 aromatic heterocycles. The first-order valence-corrected chi connectivity index (χ1v) is 8.82. The van der Waals surface area contributed by atoms with Crippen LogP contribution >= 0.6 is 11.6 Å². The molecule has 3 atom stereocenters. The van der Waals surface area contributed by atoms with Crippen LogP contribution in [-0.2, 0) is 0 Å².